The molecule has 0 saturated carbocycles. The van der Waals surface area contributed by atoms with Crippen LogP contribution in [0.15, 0.2) is 72.4 Å². The summed E-state index contributed by atoms with van der Waals surface area (Å²) in [7, 11) is 0. The zero-order chi connectivity index (χ0) is 18.5. The van der Waals surface area contributed by atoms with Gasteiger partial charge < -0.3 is 5.32 Å². The smallest absolute Gasteiger partial charge is 0.303 e. The van der Waals surface area contributed by atoms with E-state index >= 15 is 0 Å². The first kappa shape index (κ1) is 17.1. The van der Waals surface area contributed by atoms with E-state index in [9.17, 15) is 19.7 Å². The van der Waals surface area contributed by atoms with Gasteiger partial charge in [0.1, 0.15) is 5.70 Å². The molecule has 1 fully saturated rings. The molecule has 0 unspecified atom stereocenters. The van der Waals surface area contributed by atoms with Crippen molar-refractivity contribution in [2.45, 2.75) is 6.54 Å². The SMILES string of the molecule is O=C1N/C(=C/C=C/c2ccccc2[N+](=O)[O-])C(=O)N1Cc1ccccc1. The van der Waals surface area contributed by atoms with E-state index in [-0.39, 0.29) is 17.9 Å². The van der Waals surface area contributed by atoms with E-state index in [4.69, 9.17) is 0 Å². The van der Waals surface area contributed by atoms with Crippen molar-refractivity contribution in [3.05, 3.63) is 93.7 Å². The van der Waals surface area contributed by atoms with Gasteiger partial charge in [0.25, 0.3) is 11.6 Å². The van der Waals surface area contributed by atoms with Crippen LogP contribution in [-0.2, 0) is 11.3 Å². The van der Waals surface area contributed by atoms with Crippen molar-refractivity contribution >= 4 is 23.7 Å². The van der Waals surface area contributed by atoms with E-state index in [1.807, 2.05) is 30.3 Å². The number of para-hydroxylation sites is 1. The second kappa shape index (κ2) is 7.43. The highest BCUT2D eigenvalue weighted by atomic mass is 16.6. The highest BCUT2D eigenvalue weighted by Gasteiger charge is 2.32. The number of nitro groups is 1. The minimum atomic E-state index is -0.496. The van der Waals surface area contributed by atoms with Crippen LogP contribution in [0.1, 0.15) is 11.1 Å². The summed E-state index contributed by atoms with van der Waals surface area (Å²) in [5.74, 6) is -0.439. The third-order valence-corrected chi connectivity index (χ3v) is 3.82. The number of nitrogens with one attached hydrogen (secondary N) is 1. The van der Waals surface area contributed by atoms with Crippen LogP contribution < -0.4 is 5.32 Å². The topological polar surface area (TPSA) is 92.5 Å². The van der Waals surface area contributed by atoms with Gasteiger partial charge in [0.2, 0.25) is 0 Å². The molecule has 7 nitrogen and oxygen atoms in total. The largest absolute Gasteiger partial charge is 0.329 e. The average molecular weight is 349 g/mol. The number of allylic oxidation sites excluding steroid dienone is 2. The van der Waals surface area contributed by atoms with Crippen LogP contribution in [0.3, 0.4) is 0 Å². The number of carbonyl (C=O) groups excluding carboxylic acids is 2. The third kappa shape index (κ3) is 3.67. The van der Waals surface area contributed by atoms with Crippen molar-refractivity contribution in [3.63, 3.8) is 0 Å². The number of nitrogens with zero attached hydrogens (tertiary/aromatic N) is 2. The number of hydrogen-bond acceptors (Lipinski definition) is 4. The zero-order valence-corrected chi connectivity index (χ0v) is 13.7. The van der Waals surface area contributed by atoms with Crippen LogP contribution >= 0.6 is 0 Å². The Kier molecular flexibility index (Phi) is 4.89. The first-order valence-electron chi connectivity index (χ1n) is 7.85. The Balaban J connectivity index is 1.75. The monoisotopic (exact) mass is 349 g/mol. The van der Waals surface area contributed by atoms with Gasteiger partial charge in [-0.15, -0.1) is 0 Å². The summed E-state index contributed by atoms with van der Waals surface area (Å²) in [5.41, 5.74) is 1.34. The lowest BCUT2D eigenvalue weighted by molar-refractivity contribution is -0.385. The Bertz CT molecular complexity index is 919. The Morgan fingerprint density at radius 1 is 1.04 bits per heavy atom. The highest BCUT2D eigenvalue weighted by Crippen LogP contribution is 2.19. The van der Waals surface area contributed by atoms with Crippen molar-refractivity contribution in [2.24, 2.45) is 0 Å². The molecule has 1 aliphatic rings. The van der Waals surface area contributed by atoms with Gasteiger partial charge in [0, 0.05) is 6.07 Å². The quantitative estimate of drug-likeness (QED) is 0.388. The summed E-state index contributed by atoms with van der Waals surface area (Å²) >= 11 is 0. The van der Waals surface area contributed by atoms with Crippen molar-refractivity contribution in [1.82, 2.24) is 10.2 Å². The molecule has 3 amide bonds. The Morgan fingerprint density at radius 2 is 1.73 bits per heavy atom. The van der Waals surface area contributed by atoms with Crippen molar-refractivity contribution in [1.29, 1.82) is 0 Å². The number of benzene rings is 2. The fourth-order valence-corrected chi connectivity index (χ4v) is 2.54. The lowest BCUT2D eigenvalue weighted by Crippen LogP contribution is -2.30. The van der Waals surface area contributed by atoms with Gasteiger partial charge in [-0.05, 0) is 23.8 Å². The first-order chi connectivity index (χ1) is 12.6. The normalized spacial score (nSPS) is 15.7. The molecule has 7 heteroatoms. The Labute approximate surface area is 149 Å². The number of amides is 3. The average Bonchev–Trinajstić information content (AvgIpc) is 2.90. The van der Waals surface area contributed by atoms with Gasteiger partial charge in [0.15, 0.2) is 0 Å². The molecule has 0 radical (unpaired) electrons. The Morgan fingerprint density at radius 3 is 2.46 bits per heavy atom. The molecule has 1 saturated heterocycles. The number of urea groups is 1. The van der Waals surface area contributed by atoms with E-state index in [2.05, 4.69) is 5.32 Å². The molecule has 1 heterocycles. The number of hydrogen-bond donors (Lipinski definition) is 1. The minimum Gasteiger partial charge on any atom is -0.303 e. The van der Waals surface area contributed by atoms with Crippen LogP contribution in [-0.4, -0.2) is 21.8 Å². The predicted octanol–water partition coefficient (Wildman–Crippen LogP) is 3.24. The summed E-state index contributed by atoms with van der Waals surface area (Å²) < 4.78 is 0. The number of rotatable bonds is 5. The molecule has 130 valence electrons. The van der Waals surface area contributed by atoms with Gasteiger partial charge in [0.05, 0.1) is 17.0 Å². The molecule has 2 aromatic carbocycles. The molecular weight excluding hydrogens is 334 g/mol. The van der Waals surface area contributed by atoms with Crippen LogP contribution in [0.4, 0.5) is 10.5 Å². The van der Waals surface area contributed by atoms with E-state index < -0.39 is 16.9 Å². The lowest BCUT2D eigenvalue weighted by atomic mass is 10.1. The van der Waals surface area contributed by atoms with Crippen LogP contribution in [0.2, 0.25) is 0 Å². The molecule has 3 rings (SSSR count). The molecule has 1 aliphatic heterocycles. The zero-order valence-electron chi connectivity index (χ0n) is 13.7. The summed E-state index contributed by atoms with van der Waals surface area (Å²) in [6.45, 7) is 0.177. The van der Waals surface area contributed by atoms with Crippen molar-refractivity contribution in [3.8, 4) is 0 Å². The summed E-state index contributed by atoms with van der Waals surface area (Å²) in [5, 5.41) is 13.5. The van der Waals surface area contributed by atoms with Gasteiger partial charge in [-0.3, -0.25) is 19.8 Å². The van der Waals surface area contributed by atoms with E-state index in [1.165, 1.54) is 24.3 Å². The number of imide groups is 1. The summed E-state index contributed by atoms with van der Waals surface area (Å²) in [6, 6.07) is 15.0. The number of nitro benzene ring substituents is 1. The van der Waals surface area contributed by atoms with Crippen LogP contribution in [0.25, 0.3) is 6.08 Å². The molecule has 26 heavy (non-hydrogen) atoms. The second-order valence-corrected chi connectivity index (χ2v) is 5.56. The maximum Gasteiger partial charge on any atom is 0.329 e. The molecular formula is C19H15N3O4. The molecule has 2 aromatic rings. The standard InChI is InChI=1S/C19H15N3O4/c23-18-16(11-6-10-15-9-4-5-12-17(15)22(25)26)20-19(24)21(18)13-14-7-2-1-3-8-14/h1-12H,13H2,(H,20,24)/b10-6+,16-11+. The highest BCUT2D eigenvalue weighted by molar-refractivity contribution is 6.11. The van der Waals surface area contributed by atoms with E-state index in [0.717, 1.165) is 10.5 Å². The fraction of sp³-hybridized carbons (Fsp3) is 0.0526. The molecule has 0 spiro atoms. The fourth-order valence-electron chi connectivity index (χ4n) is 2.54. The second-order valence-electron chi connectivity index (χ2n) is 5.56. The van der Waals surface area contributed by atoms with Crippen molar-refractivity contribution in [2.75, 3.05) is 0 Å². The molecule has 0 atom stereocenters. The molecule has 0 aliphatic carbocycles. The molecule has 0 aromatic heterocycles. The minimum absolute atomic E-state index is 0.0327. The summed E-state index contributed by atoms with van der Waals surface area (Å²) in [6.07, 6.45) is 4.45. The van der Waals surface area contributed by atoms with E-state index in [1.54, 1.807) is 18.2 Å². The van der Waals surface area contributed by atoms with Crippen LogP contribution in [0, 0.1) is 10.1 Å². The van der Waals surface area contributed by atoms with Gasteiger partial charge in [-0.1, -0.05) is 48.5 Å². The van der Waals surface area contributed by atoms with Gasteiger partial charge >= 0.3 is 6.03 Å². The molecule has 1 N–H and O–H groups in total. The van der Waals surface area contributed by atoms with Gasteiger partial charge in [-0.25, -0.2) is 4.79 Å². The number of carbonyl (C=O) groups is 2. The molecule has 0 bridgehead atoms. The van der Waals surface area contributed by atoms with Gasteiger partial charge in [-0.2, -0.15) is 0 Å². The maximum atomic E-state index is 12.4. The van der Waals surface area contributed by atoms with E-state index in [0.29, 0.717) is 5.56 Å². The summed E-state index contributed by atoms with van der Waals surface area (Å²) in [4.78, 5) is 36.0. The maximum absolute atomic E-state index is 12.4. The predicted molar refractivity (Wildman–Crippen MR) is 95.7 cm³/mol. The van der Waals surface area contributed by atoms with Crippen molar-refractivity contribution < 1.29 is 14.5 Å². The lowest BCUT2D eigenvalue weighted by Gasteiger charge is -2.11. The first-order valence-corrected chi connectivity index (χ1v) is 7.85. The Hall–Kier alpha value is -3.74. The van der Waals surface area contributed by atoms with Crippen LogP contribution in [0.5, 0.6) is 0 Å². The third-order valence-electron chi connectivity index (χ3n) is 3.82.